The largest absolute Gasteiger partial charge is 0.461 e. The molecule has 7 heteroatoms. The molecule has 25 heavy (non-hydrogen) atoms. The summed E-state index contributed by atoms with van der Waals surface area (Å²) in [4.78, 5) is 30.2. The van der Waals surface area contributed by atoms with Crippen LogP contribution >= 0.6 is 11.3 Å². The van der Waals surface area contributed by atoms with E-state index in [0.717, 1.165) is 23.4 Å². The molecule has 6 nitrogen and oxygen atoms in total. The number of benzene rings is 1. The third kappa shape index (κ3) is 4.17. The molecular formula is C18H20N2O4S. The first kappa shape index (κ1) is 17.4. The first-order valence-electron chi connectivity index (χ1n) is 8.29. The van der Waals surface area contributed by atoms with E-state index >= 15 is 0 Å². The third-order valence-corrected chi connectivity index (χ3v) is 4.93. The molecule has 3 rings (SSSR count). The Labute approximate surface area is 150 Å². The van der Waals surface area contributed by atoms with Gasteiger partial charge in [-0.2, -0.15) is 0 Å². The molecule has 1 aliphatic rings. The van der Waals surface area contributed by atoms with Crippen molar-refractivity contribution in [3.63, 3.8) is 0 Å². The second-order valence-electron chi connectivity index (χ2n) is 5.68. The Morgan fingerprint density at radius 1 is 1.28 bits per heavy atom. The average Bonchev–Trinajstić information content (AvgIpc) is 3.29. The lowest BCUT2D eigenvalue weighted by molar-refractivity contribution is 0.0520. The van der Waals surface area contributed by atoms with Gasteiger partial charge in [-0.05, 0) is 25.3 Å². The molecule has 0 spiro atoms. The summed E-state index contributed by atoms with van der Waals surface area (Å²) < 4.78 is 10.4. The first-order chi connectivity index (χ1) is 12.2. The third-order valence-electron chi connectivity index (χ3n) is 3.98. The van der Waals surface area contributed by atoms with Crippen molar-refractivity contribution in [1.29, 1.82) is 0 Å². The Morgan fingerprint density at radius 3 is 2.84 bits per heavy atom. The molecule has 1 fully saturated rings. The van der Waals surface area contributed by atoms with Crippen molar-refractivity contribution >= 4 is 23.4 Å². The second kappa shape index (κ2) is 8.11. The summed E-state index contributed by atoms with van der Waals surface area (Å²) in [6, 6.07) is 9.44. The van der Waals surface area contributed by atoms with E-state index in [4.69, 9.17) is 9.47 Å². The SMILES string of the molecule is CCOC(=O)c1csc([C@@H]2CCCN2C(=O)OCc2ccccc2)n1. The Bertz CT molecular complexity index is 732. The van der Waals surface area contributed by atoms with Gasteiger partial charge >= 0.3 is 12.1 Å². The summed E-state index contributed by atoms with van der Waals surface area (Å²) in [5, 5.41) is 2.43. The van der Waals surface area contributed by atoms with Crippen molar-refractivity contribution in [2.45, 2.75) is 32.4 Å². The number of nitrogens with zero attached hydrogens (tertiary/aromatic N) is 2. The molecule has 1 aromatic carbocycles. The molecule has 2 heterocycles. The van der Waals surface area contributed by atoms with Crippen molar-refractivity contribution < 1.29 is 19.1 Å². The van der Waals surface area contributed by atoms with Crippen LogP contribution in [0.25, 0.3) is 0 Å². The maximum Gasteiger partial charge on any atom is 0.410 e. The van der Waals surface area contributed by atoms with E-state index in [-0.39, 0.29) is 18.7 Å². The molecule has 0 aliphatic carbocycles. The quantitative estimate of drug-likeness (QED) is 0.759. The number of likely N-dealkylation sites (tertiary alicyclic amines) is 1. The van der Waals surface area contributed by atoms with Gasteiger partial charge in [-0.1, -0.05) is 30.3 Å². The van der Waals surface area contributed by atoms with E-state index in [9.17, 15) is 9.59 Å². The van der Waals surface area contributed by atoms with Gasteiger partial charge in [-0.25, -0.2) is 14.6 Å². The van der Waals surface area contributed by atoms with Crippen LogP contribution in [0.15, 0.2) is 35.7 Å². The summed E-state index contributed by atoms with van der Waals surface area (Å²) in [6.45, 7) is 2.95. The summed E-state index contributed by atoms with van der Waals surface area (Å²) in [7, 11) is 0. The van der Waals surface area contributed by atoms with Crippen LogP contribution in [0, 0.1) is 0 Å². The molecular weight excluding hydrogens is 340 g/mol. The Hall–Kier alpha value is -2.41. The molecule has 1 aliphatic heterocycles. The van der Waals surface area contributed by atoms with Gasteiger partial charge in [0.2, 0.25) is 0 Å². The molecule has 1 atom stereocenters. The maximum absolute atomic E-state index is 12.4. The normalized spacial score (nSPS) is 16.7. The molecule has 0 saturated carbocycles. The highest BCUT2D eigenvalue weighted by Crippen LogP contribution is 2.34. The number of carbonyl (C=O) groups is 2. The topological polar surface area (TPSA) is 68.7 Å². The van der Waals surface area contributed by atoms with Gasteiger partial charge in [0.15, 0.2) is 5.69 Å². The minimum absolute atomic E-state index is 0.142. The van der Waals surface area contributed by atoms with E-state index in [1.807, 2.05) is 30.3 Å². The van der Waals surface area contributed by atoms with Crippen molar-refractivity contribution in [2.75, 3.05) is 13.2 Å². The summed E-state index contributed by atoms with van der Waals surface area (Å²) in [5.74, 6) is -0.429. The lowest BCUT2D eigenvalue weighted by Gasteiger charge is -2.22. The van der Waals surface area contributed by atoms with Crippen LogP contribution in [0.5, 0.6) is 0 Å². The zero-order valence-corrected chi connectivity index (χ0v) is 14.8. The van der Waals surface area contributed by atoms with Crippen LogP contribution < -0.4 is 0 Å². The zero-order chi connectivity index (χ0) is 17.6. The lowest BCUT2D eigenvalue weighted by Crippen LogP contribution is -2.31. The van der Waals surface area contributed by atoms with E-state index < -0.39 is 5.97 Å². The highest BCUT2D eigenvalue weighted by Gasteiger charge is 2.33. The van der Waals surface area contributed by atoms with Crippen molar-refractivity contribution in [2.24, 2.45) is 0 Å². The molecule has 1 amide bonds. The fourth-order valence-electron chi connectivity index (χ4n) is 2.78. The van der Waals surface area contributed by atoms with Crippen LogP contribution in [-0.4, -0.2) is 35.1 Å². The van der Waals surface area contributed by atoms with Crippen molar-refractivity contribution in [3.05, 3.63) is 52.0 Å². The highest BCUT2D eigenvalue weighted by atomic mass is 32.1. The predicted molar refractivity (Wildman–Crippen MR) is 93.4 cm³/mol. The Morgan fingerprint density at radius 2 is 2.08 bits per heavy atom. The number of thiazole rings is 1. The van der Waals surface area contributed by atoms with Gasteiger partial charge in [-0.3, -0.25) is 4.90 Å². The average molecular weight is 360 g/mol. The minimum atomic E-state index is -0.429. The molecule has 0 bridgehead atoms. The van der Waals surface area contributed by atoms with Crippen LogP contribution in [-0.2, 0) is 16.1 Å². The summed E-state index contributed by atoms with van der Waals surface area (Å²) >= 11 is 1.38. The van der Waals surface area contributed by atoms with Gasteiger partial charge in [-0.15, -0.1) is 11.3 Å². The van der Waals surface area contributed by atoms with E-state index in [2.05, 4.69) is 4.98 Å². The van der Waals surface area contributed by atoms with Gasteiger partial charge in [0.05, 0.1) is 12.6 Å². The van der Waals surface area contributed by atoms with Crippen LogP contribution in [0.3, 0.4) is 0 Å². The Kier molecular flexibility index (Phi) is 5.65. The fraction of sp³-hybridized carbons (Fsp3) is 0.389. The molecule has 1 saturated heterocycles. The van der Waals surface area contributed by atoms with E-state index in [0.29, 0.717) is 18.8 Å². The number of hydrogen-bond donors (Lipinski definition) is 0. The monoisotopic (exact) mass is 360 g/mol. The summed E-state index contributed by atoms with van der Waals surface area (Å²) in [6.07, 6.45) is 1.36. The van der Waals surface area contributed by atoms with Gasteiger partial charge in [0, 0.05) is 11.9 Å². The van der Waals surface area contributed by atoms with Gasteiger partial charge in [0.1, 0.15) is 11.6 Å². The molecule has 2 aromatic rings. The van der Waals surface area contributed by atoms with Gasteiger partial charge < -0.3 is 9.47 Å². The van der Waals surface area contributed by atoms with Gasteiger partial charge in [0.25, 0.3) is 0 Å². The van der Waals surface area contributed by atoms with Crippen LogP contribution in [0.2, 0.25) is 0 Å². The number of ether oxygens (including phenoxy) is 2. The van der Waals surface area contributed by atoms with E-state index in [1.165, 1.54) is 11.3 Å². The standard InChI is InChI=1S/C18H20N2O4S/c1-2-23-17(21)14-12-25-16(19-14)15-9-6-10-20(15)18(22)24-11-13-7-4-3-5-8-13/h3-5,7-8,12,15H,2,6,9-11H2,1H3/t15-/m0/s1. The van der Waals surface area contributed by atoms with Crippen molar-refractivity contribution in [1.82, 2.24) is 9.88 Å². The smallest absolute Gasteiger partial charge is 0.410 e. The predicted octanol–water partition coefficient (Wildman–Crippen LogP) is 3.79. The van der Waals surface area contributed by atoms with Crippen LogP contribution in [0.4, 0.5) is 4.79 Å². The molecule has 0 N–H and O–H groups in total. The molecule has 1 aromatic heterocycles. The number of aromatic nitrogens is 1. The van der Waals surface area contributed by atoms with E-state index in [1.54, 1.807) is 17.2 Å². The Balaban J connectivity index is 1.64. The first-order valence-corrected chi connectivity index (χ1v) is 9.17. The number of esters is 1. The number of rotatable bonds is 5. The molecule has 132 valence electrons. The number of hydrogen-bond acceptors (Lipinski definition) is 6. The number of amides is 1. The molecule has 0 unspecified atom stereocenters. The fourth-order valence-corrected chi connectivity index (χ4v) is 3.72. The molecule has 0 radical (unpaired) electrons. The minimum Gasteiger partial charge on any atom is -0.461 e. The van der Waals surface area contributed by atoms with Crippen LogP contribution in [0.1, 0.15) is 46.9 Å². The van der Waals surface area contributed by atoms with Crippen molar-refractivity contribution in [3.8, 4) is 0 Å². The second-order valence-corrected chi connectivity index (χ2v) is 6.57. The lowest BCUT2D eigenvalue weighted by atomic mass is 10.2. The summed E-state index contributed by atoms with van der Waals surface area (Å²) in [5.41, 5.74) is 1.25. The highest BCUT2D eigenvalue weighted by molar-refractivity contribution is 7.09. The zero-order valence-electron chi connectivity index (χ0n) is 14.0. The maximum atomic E-state index is 12.4. The number of carbonyl (C=O) groups excluding carboxylic acids is 2.